The van der Waals surface area contributed by atoms with Crippen LogP contribution in [0.5, 0.6) is 0 Å². The van der Waals surface area contributed by atoms with E-state index in [-0.39, 0.29) is 19.6 Å². The number of carbonyl (C=O) groups is 2. The number of ether oxygens (including phenoxy) is 2. The van der Waals surface area contributed by atoms with E-state index in [1.807, 2.05) is 31.2 Å². The maximum Gasteiger partial charge on any atom is 0.338 e. The van der Waals surface area contributed by atoms with Crippen molar-refractivity contribution in [1.82, 2.24) is 4.98 Å². The minimum absolute atomic E-state index is 0.0109. The van der Waals surface area contributed by atoms with Crippen molar-refractivity contribution in [2.75, 3.05) is 19.0 Å². The molecular formula is C18H24N2O4S. The molecule has 1 heterocycles. The predicted octanol–water partition coefficient (Wildman–Crippen LogP) is 2.65. The Morgan fingerprint density at radius 2 is 1.72 bits per heavy atom. The van der Waals surface area contributed by atoms with Gasteiger partial charge in [0.05, 0.1) is 18.2 Å². The van der Waals surface area contributed by atoms with Crippen LogP contribution in [0.3, 0.4) is 0 Å². The lowest BCUT2D eigenvalue weighted by Crippen LogP contribution is -2.58. The summed E-state index contributed by atoms with van der Waals surface area (Å²) in [6.07, 6.45) is 0.0109. The van der Waals surface area contributed by atoms with Gasteiger partial charge in [0, 0.05) is 17.3 Å². The zero-order valence-corrected chi connectivity index (χ0v) is 15.6. The Labute approximate surface area is 151 Å². The Morgan fingerprint density at radius 1 is 1.12 bits per heavy atom. The molecule has 25 heavy (non-hydrogen) atoms. The number of aromatic amines is 1. The number of nitrogens with one attached hydrogen (secondary N) is 1. The number of aromatic nitrogens is 1. The van der Waals surface area contributed by atoms with Crippen LogP contribution in [0.15, 0.2) is 29.3 Å². The van der Waals surface area contributed by atoms with Gasteiger partial charge in [0.25, 0.3) is 0 Å². The van der Waals surface area contributed by atoms with Crippen molar-refractivity contribution in [1.29, 1.82) is 0 Å². The van der Waals surface area contributed by atoms with E-state index in [2.05, 4.69) is 4.98 Å². The van der Waals surface area contributed by atoms with Crippen LogP contribution in [-0.4, -0.2) is 41.4 Å². The lowest BCUT2D eigenvalue weighted by atomic mass is 9.91. The van der Waals surface area contributed by atoms with Crippen molar-refractivity contribution in [3.05, 3.63) is 29.8 Å². The molecule has 0 radical (unpaired) electrons. The van der Waals surface area contributed by atoms with Gasteiger partial charge < -0.3 is 20.2 Å². The van der Waals surface area contributed by atoms with E-state index in [1.165, 1.54) is 0 Å². The maximum absolute atomic E-state index is 12.4. The monoisotopic (exact) mass is 364 g/mol. The molecule has 1 aromatic carbocycles. The number of esters is 2. The molecule has 0 fully saturated rings. The first-order chi connectivity index (χ1) is 12.0. The zero-order valence-electron chi connectivity index (χ0n) is 14.8. The fourth-order valence-electron chi connectivity index (χ4n) is 2.64. The van der Waals surface area contributed by atoms with Gasteiger partial charge in [-0.25, -0.2) is 9.59 Å². The highest BCUT2D eigenvalue weighted by Gasteiger charge is 2.46. The molecule has 0 unspecified atom stereocenters. The Balaban J connectivity index is 2.51. The van der Waals surface area contributed by atoms with Gasteiger partial charge in [-0.2, -0.15) is 0 Å². The number of hydrogen-bond donors (Lipinski definition) is 2. The normalized spacial score (nSPS) is 11.5. The minimum atomic E-state index is -1.87. The van der Waals surface area contributed by atoms with Crippen molar-refractivity contribution in [3.63, 3.8) is 0 Å². The molecule has 3 N–H and O–H groups in total. The van der Waals surface area contributed by atoms with Gasteiger partial charge in [-0.3, -0.25) is 0 Å². The van der Waals surface area contributed by atoms with Crippen molar-refractivity contribution in [3.8, 4) is 0 Å². The van der Waals surface area contributed by atoms with Gasteiger partial charge in [0.1, 0.15) is 0 Å². The Kier molecular flexibility index (Phi) is 6.50. The van der Waals surface area contributed by atoms with E-state index in [4.69, 9.17) is 15.2 Å². The summed E-state index contributed by atoms with van der Waals surface area (Å²) < 4.78 is 10.1. The van der Waals surface area contributed by atoms with Crippen LogP contribution in [0, 0.1) is 0 Å². The molecule has 2 rings (SSSR count). The Morgan fingerprint density at radius 3 is 2.28 bits per heavy atom. The third kappa shape index (κ3) is 3.99. The predicted molar refractivity (Wildman–Crippen MR) is 98.6 cm³/mol. The zero-order chi connectivity index (χ0) is 18.4. The van der Waals surface area contributed by atoms with Gasteiger partial charge in [-0.05, 0) is 31.2 Å². The first-order valence-electron chi connectivity index (χ1n) is 8.33. The Bertz CT molecular complexity index is 739. The summed E-state index contributed by atoms with van der Waals surface area (Å²) in [6, 6.07) is 7.73. The fourth-order valence-corrected chi connectivity index (χ4v) is 3.47. The SMILES string of the molecule is CCOC(=O)C(N)(Cc1c(SCC)[nH]c2ccccc12)C(=O)OCC. The number of nitrogens with two attached hydrogens (primary N) is 1. The van der Waals surface area contributed by atoms with Crippen molar-refractivity contribution in [2.45, 2.75) is 37.8 Å². The summed E-state index contributed by atoms with van der Waals surface area (Å²) >= 11 is 1.60. The smallest absolute Gasteiger partial charge is 0.338 e. The second-order valence-corrected chi connectivity index (χ2v) is 6.77. The molecule has 6 nitrogen and oxygen atoms in total. The van der Waals surface area contributed by atoms with Crippen LogP contribution < -0.4 is 5.73 Å². The quantitative estimate of drug-likeness (QED) is 0.425. The summed E-state index contributed by atoms with van der Waals surface area (Å²) in [5, 5.41) is 1.83. The lowest BCUT2D eigenvalue weighted by molar-refractivity contribution is -0.164. The third-order valence-electron chi connectivity index (χ3n) is 3.80. The molecule has 0 saturated carbocycles. The molecular weight excluding hydrogens is 340 g/mol. The number of rotatable bonds is 8. The average molecular weight is 364 g/mol. The van der Waals surface area contributed by atoms with Crippen LogP contribution in [0.1, 0.15) is 26.3 Å². The van der Waals surface area contributed by atoms with Crippen LogP contribution in [-0.2, 0) is 25.5 Å². The number of benzene rings is 1. The number of fused-ring (bicyclic) bond motifs is 1. The molecule has 0 spiro atoms. The van der Waals surface area contributed by atoms with Crippen molar-refractivity contribution in [2.24, 2.45) is 5.73 Å². The second kappa shape index (κ2) is 8.40. The molecule has 0 saturated heterocycles. The number of hydrogen-bond acceptors (Lipinski definition) is 6. The van der Waals surface area contributed by atoms with Gasteiger partial charge in [-0.1, -0.05) is 25.1 Å². The van der Waals surface area contributed by atoms with Crippen LogP contribution in [0.25, 0.3) is 10.9 Å². The van der Waals surface area contributed by atoms with E-state index >= 15 is 0 Å². The highest BCUT2D eigenvalue weighted by molar-refractivity contribution is 7.99. The minimum Gasteiger partial charge on any atom is -0.464 e. The second-order valence-electron chi connectivity index (χ2n) is 5.50. The average Bonchev–Trinajstić information content (AvgIpc) is 2.93. The largest absolute Gasteiger partial charge is 0.464 e. The van der Waals surface area contributed by atoms with E-state index in [0.29, 0.717) is 0 Å². The van der Waals surface area contributed by atoms with Gasteiger partial charge >= 0.3 is 11.9 Å². The lowest BCUT2D eigenvalue weighted by Gasteiger charge is -2.25. The molecule has 0 atom stereocenters. The van der Waals surface area contributed by atoms with E-state index in [9.17, 15) is 9.59 Å². The molecule has 0 aliphatic heterocycles. The highest BCUT2D eigenvalue weighted by atomic mass is 32.2. The molecule has 136 valence electrons. The summed E-state index contributed by atoms with van der Waals surface area (Å²) in [5.74, 6) is -0.701. The summed E-state index contributed by atoms with van der Waals surface area (Å²) in [6.45, 7) is 5.66. The molecule has 0 aliphatic carbocycles. The van der Waals surface area contributed by atoms with Crippen LogP contribution >= 0.6 is 11.8 Å². The summed E-state index contributed by atoms with van der Waals surface area (Å²) in [7, 11) is 0. The van der Waals surface area contributed by atoms with Crippen molar-refractivity contribution < 1.29 is 19.1 Å². The number of para-hydroxylation sites is 1. The first kappa shape index (κ1) is 19.3. The molecule has 1 aromatic heterocycles. The van der Waals surface area contributed by atoms with Gasteiger partial charge in [-0.15, -0.1) is 11.8 Å². The maximum atomic E-state index is 12.4. The molecule has 2 aromatic rings. The standard InChI is InChI=1S/C18H24N2O4S/c1-4-23-16(21)18(19,17(22)24-5-2)11-13-12-9-7-8-10-14(12)20-15(13)25-6-3/h7-10,20H,4-6,11,19H2,1-3H3. The molecule has 0 amide bonds. The van der Waals surface area contributed by atoms with E-state index in [0.717, 1.165) is 27.2 Å². The topological polar surface area (TPSA) is 94.4 Å². The Hall–Kier alpha value is -1.99. The highest BCUT2D eigenvalue weighted by Crippen LogP contribution is 2.32. The fraction of sp³-hybridized carbons (Fsp3) is 0.444. The van der Waals surface area contributed by atoms with Crippen molar-refractivity contribution >= 4 is 34.6 Å². The van der Waals surface area contributed by atoms with Crippen LogP contribution in [0.2, 0.25) is 0 Å². The van der Waals surface area contributed by atoms with E-state index in [1.54, 1.807) is 25.6 Å². The van der Waals surface area contributed by atoms with E-state index < -0.39 is 17.5 Å². The molecule has 0 bridgehead atoms. The number of thioether (sulfide) groups is 1. The molecule has 0 aliphatic rings. The van der Waals surface area contributed by atoms with Crippen LogP contribution in [0.4, 0.5) is 0 Å². The molecule has 7 heteroatoms. The first-order valence-corrected chi connectivity index (χ1v) is 9.32. The number of H-pyrrole nitrogens is 1. The summed E-state index contributed by atoms with van der Waals surface area (Å²) in [4.78, 5) is 28.2. The van der Waals surface area contributed by atoms with Gasteiger partial charge in [0.2, 0.25) is 5.54 Å². The number of carbonyl (C=O) groups excluding carboxylic acids is 2. The summed E-state index contributed by atoms with van der Waals surface area (Å²) in [5.41, 5.74) is 6.12. The third-order valence-corrected chi connectivity index (χ3v) is 4.72. The van der Waals surface area contributed by atoms with Gasteiger partial charge in [0.15, 0.2) is 0 Å².